The van der Waals surface area contributed by atoms with Crippen molar-refractivity contribution in [3.63, 3.8) is 0 Å². The molecule has 106 valence electrons. The van der Waals surface area contributed by atoms with Crippen molar-refractivity contribution >= 4 is 27.8 Å². The highest BCUT2D eigenvalue weighted by molar-refractivity contribution is 9.10. The van der Waals surface area contributed by atoms with Gasteiger partial charge in [0, 0.05) is 15.6 Å². The smallest absolute Gasteiger partial charge is 0.341 e. The van der Waals surface area contributed by atoms with E-state index in [1.54, 1.807) is 36.4 Å². The molecule has 1 amide bonds. The molecule has 1 aliphatic rings. The van der Waals surface area contributed by atoms with Crippen LogP contribution in [0.15, 0.2) is 53.0 Å². The van der Waals surface area contributed by atoms with E-state index in [4.69, 9.17) is 4.74 Å². The first-order chi connectivity index (χ1) is 10.1. The fraction of sp³-hybridized carbons (Fsp3) is 0.125. The molecule has 0 saturated heterocycles. The Morgan fingerprint density at radius 2 is 1.95 bits per heavy atom. The van der Waals surface area contributed by atoms with Crippen molar-refractivity contribution in [2.45, 2.75) is 5.54 Å². The number of amides is 1. The van der Waals surface area contributed by atoms with E-state index in [9.17, 15) is 9.59 Å². The summed E-state index contributed by atoms with van der Waals surface area (Å²) < 4.78 is 5.79. The lowest BCUT2D eigenvalue weighted by atomic mass is 9.83. The summed E-state index contributed by atoms with van der Waals surface area (Å²) in [7, 11) is 1.31. The molecule has 2 aromatic carbocycles. The summed E-state index contributed by atoms with van der Waals surface area (Å²) in [5, 5.41) is 2.79. The topological polar surface area (TPSA) is 55.4 Å². The van der Waals surface area contributed by atoms with Crippen molar-refractivity contribution in [1.29, 1.82) is 0 Å². The Morgan fingerprint density at radius 3 is 2.67 bits per heavy atom. The maximum Gasteiger partial charge on any atom is 0.341 e. The number of methoxy groups -OCH3 is 1. The Balaban J connectivity index is 2.31. The molecule has 0 saturated carbocycles. The van der Waals surface area contributed by atoms with Crippen LogP contribution >= 0.6 is 15.9 Å². The number of halogens is 1. The lowest BCUT2D eigenvalue weighted by molar-refractivity contribution is -0.146. The van der Waals surface area contributed by atoms with E-state index in [1.165, 1.54) is 7.11 Å². The fourth-order valence-electron chi connectivity index (χ4n) is 2.69. The maximum absolute atomic E-state index is 12.5. The minimum Gasteiger partial charge on any atom is -0.467 e. The van der Waals surface area contributed by atoms with Crippen molar-refractivity contribution in [2.75, 3.05) is 7.11 Å². The lowest BCUT2D eigenvalue weighted by Crippen LogP contribution is -2.48. The average molecular weight is 346 g/mol. The van der Waals surface area contributed by atoms with Gasteiger partial charge in [-0.2, -0.15) is 0 Å². The highest BCUT2D eigenvalue weighted by Crippen LogP contribution is 2.38. The van der Waals surface area contributed by atoms with Gasteiger partial charge in [-0.1, -0.05) is 46.3 Å². The molecule has 0 aliphatic carbocycles. The van der Waals surface area contributed by atoms with Gasteiger partial charge in [-0.15, -0.1) is 0 Å². The third-order valence-electron chi connectivity index (χ3n) is 3.63. The summed E-state index contributed by atoms with van der Waals surface area (Å²) in [6.45, 7) is 0. The fourth-order valence-corrected chi connectivity index (χ4v) is 3.09. The van der Waals surface area contributed by atoms with Gasteiger partial charge >= 0.3 is 5.97 Å². The van der Waals surface area contributed by atoms with Crippen LogP contribution in [-0.2, 0) is 15.1 Å². The number of benzene rings is 2. The van der Waals surface area contributed by atoms with Crippen LogP contribution in [-0.4, -0.2) is 19.0 Å². The van der Waals surface area contributed by atoms with Gasteiger partial charge in [0.25, 0.3) is 5.91 Å². The zero-order chi connectivity index (χ0) is 15.0. The van der Waals surface area contributed by atoms with Gasteiger partial charge in [-0.05, 0) is 23.8 Å². The van der Waals surface area contributed by atoms with E-state index in [0.717, 1.165) is 4.47 Å². The standard InChI is InChI=1S/C16H12BrNO3/c1-21-15(20)16(10-5-4-6-11(17)9-10)13-8-3-2-7-12(13)14(19)18-16/h2-9H,1H3,(H,18,19). The number of fused-ring (bicyclic) bond motifs is 1. The molecule has 0 radical (unpaired) electrons. The number of rotatable bonds is 2. The molecule has 1 unspecified atom stereocenters. The molecule has 0 fully saturated rings. The highest BCUT2D eigenvalue weighted by Gasteiger charge is 2.51. The lowest BCUT2D eigenvalue weighted by Gasteiger charge is -2.28. The predicted octanol–water partition coefficient (Wildman–Crippen LogP) is 2.61. The summed E-state index contributed by atoms with van der Waals surface area (Å²) in [4.78, 5) is 24.7. The van der Waals surface area contributed by atoms with Crippen LogP contribution in [0.25, 0.3) is 0 Å². The largest absolute Gasteiger partial charge is 0.467 e. The van der Waals surface area contributed by atoms with Gasteiger partial charge in [0.1, 0.15) is 0 Å². The summed E-state index contributed by atoms with van der Waals surface area (Å²) >= 11 is 3.39. The number of carbonyl (C=O) groups excluding carboxylic acids is 2. The first-order valence-electron chi connectivity index (χ1n) is 6.36. The molecule has 1 N–H and O–H groups in total. The molecule has 2 aromatic rings. The van der Waals surface area contributed by atoms with Gasteiger partial charge < -0.3 is 10.1 Å². The number of ether oxygens (including phenoxy) is 1. The Bertz CT molecular complexity index is 744. The van der Waals surface area contributed by atoms with E-state index in [0.29, 0.717) is 16.7 Å². The molecule has 4 nitrogen and oxygen atoms in total. The summed E-state index contributed by atoms with van der Waals surface area (Å²) in [5.41, 5.74) is 0.455. The van der Waals surface area contributed by atoms with Crippen LogP contribution in [0.3, 0.4) is 0 Å². The first-order valence-corrected chi connectivity index (χ1v) is 7.15. The number of esters is 1. The number of hydrogen-bond acceptors (Lipinski definition) is 3. The normalized spacial score (nSPS) is 19.8. The van der Waals surface area contributed by atoms with Crippen molar-refractivity contribution < 1.29 is 14.3 Å². The second kappa shape index (κ2) is 5.00. The Kier molecular flexibility index (Phi) is 3.29. The molecule has 1 heterocycles. The van der Waals surface area contributed by atoms with Gasteiger partial charge in [-0.25, -0.2) is 4.79 Å². The molecule has 0 aromatic heterocycles. The Morgan fingerprint density at radius 1 is 1.19 bits per heavy atom. The van der Waals surface area contributed by atoms with Gasteiger partial charge in [0.2, 0.25) is 0 Å². The second-order valence-electron chi connectivity index (χ2n) is 4.75. The van der Waals surface area contributed by atoms with Gasteiger partial charge in [-0.3, -0.25) is 4.79 Å². The average Bonchev–Trinajstić information content (AvgIpc) is 2.81. The molecular formula is C16H12BrNO3. The summed E-state index contributed by atoms with van der Waals surface area (Å²) in [5.74, 6) is -0.796. The highest BCUT2D eigenvalue weighted by atomic mass is 79.9. The zero-order valence-corrected chi connectivity index (χ0v) is 12.8. The van der Waals surface area contributed by atoms with E-state index in [-0.39, 0.29) is 5.91 Å². The molecule has 0 bridgehead atoms. The zero-order valence-electron chi connectivity index (χ0n) is 11.2. The minimum absolute atomic E-state index is 0.282. The molecule has 0 spiro atoms. The predicted molar refractivity (Wildman–Crippen MR) is 80.8 cm³/mol. The van der Waals surface area contributed by atoms with Crippen molar-refractivity contribution in [2.24, 2.45) is 0 Å². The van der Waals surface area contributed by atoms with Crippen molar-refractivity contribution in [3.8, 4) is 0 Å². The number of nitrogens with one attached hydrogen (secondary N) is 1. The number of carbonyl (C=O) groups is 2. The minimum atomic E-state index is -1.30. The molecular weight excluding hydrogens is 334 g/mol. The van der Waals surface area contributed by atoms with Crippen molar-refractivity contribution in [3.05, 3.63) is 69.7 Å². The van der Waals surface area contributed by atoms with E-state index >= 15 is 0 Å². The third-order valence-corrected chi connectivity index (χ3v) is 4.12. The molecule has 21 heavy (non-hydrogen) atoms. The van der Waals surface area contributed by atoms with E-state index in [1.807, 2.05) is 12.1 Å². The summed E-state index contributed by atoms with van der Waals surface area (Å²) in [6.07, 6.45) is 0. The molecule has 5 heteroatoms. The Hall–Kier alpha value is -2.14. The monoisotopic (exact) mass is 345 g/mol. The second-order valence-corrected chi connectivity index (χ2v) is 5.67. The molecule has 3 rings (SSSR count). The van der Waals surface area contributed by atoms with Gasteiger partial charge in [0.05, 0.1) is 7.11 Å². The van der Waals surface area contributed by atoms with Crippen LogP contribution in [0.4, 0.5) is 0 Å². The maximum atomic E-state index is 12.5. The number of hydrogen-bond donors (Lipinski definition) is 1. The van der Waals surface area contributed by atoms with Crippen LogP contribution in [0, 0.1) is 0 Å². The van der Waals surface area contributed by atoms with Gasteiger partial charge in [0.15, 0.2) is 5.54 Å². The quantitative estimate of drug-likeness (QED) is 0.851. The Labute approximate surface area is 130 Å². The summed E-state index contributed by atoms with van der Waals surface area (Å²) in [6, 6.07) is 14.3. The third kappa shape index (κ3) is 1.96. The molecule has 1 aliphatic heterocycles. The van der Waals surface area contributed by atoms with E-state index in [2.05, 4.69) is 21.2 Å². The van der Waals surface area contributed by atoms with Crippen molar-refractivity contribution in [1.82, 2.24) is 5.32 Å². The van der Waals surface area contributed by atoms with Crippen LogP contribution in [0.2, 0.25) is 0 Å². The van der Waals surface area contributed by atoms with Crippen LogP contribution in [0.5, 0.6) is 0 Å². The van der Waals surface area contributed by atoms with E-state index < -0.39 is 11.5 Å². The molecule has 1 atom stereocenters. The van der Waals surface area contributed by atoms with Crippen LogP contribution < -0.4 is 5.32 Å². The SMILES string of the molecule is COC(=O)C1(c2cccc(Br)c2)NC(=O)c2ccccc21. The van der Waals surface area contributed by atoms with Crippen LogP contribution in [0.1, 0.15) is 21.5 Å². The first kappa shape index (κ1) is 13.8.